The van der Waals surface area contributed by atoms with Gasteiger partial charge in [0.1, 0.15) is 5.75 Å². The predicted octanol–water partition coefficient (Wildman–Crippen LogP) is 4.35. The Morgan fingerprint density at radius 3 is 2.51 bits per heavy atom. The van der Waals surface area contributed by atoms with E-state index in [1.165, 1.54) is 29.2 Å². The maximum atomic E-state index is 13.8. The van der Waals surface area contributed by atoms with E-state index in [1.807, 2.05) is 32.0 Å². The van der Waals surface area contributed by atoms with Gasteiger partial charge in [0.15, 0.2) is 16.3 Å². The molecule has 1 aromatic heterocycles. The summed E-state index contributed by atoms with van der Waals surface area (Å²) < 4.78 is 25.6. The zero-order valence-electron chi connectivity index (χ0n) is 20.5. The lowest BCUT2D eigenvalue weighted by atomic mass is 9.97. The van der Waals surface area contributed by atoms with Crippen LogP contribution in [0.15, 0.2) is 60.8 Å². The fourth-order valence-electron chi connectivity index (χ4n) is 4.03. The Labute approximate surface area is 234 Å². The van der Waals surface area contributed by atoms with Crippen LogP contribution in [0.5, 0.6) is 17.2 Å². The van der Waals surface area contributed by atoms with Gasteiger partial charge in [0, 0.05) is 16.2 Å². The van der Waals surface area contributed by atoms with Crippen LogP contribution in [0.2, 0.25) is 0 Å². The Morgan fingerprint density at radius 2 is 1.84 bits per heavy atom. The lowest BCUT2D eigenvalue weighted by molar-refractivity contribution is -0.136. The zero-order valence-corrected chi connectivity index (χ0v) is 24.5. The molecule has 4 rings (SSSR count). The molecule has 0 saturated carbocycles. The molecule has 0 unspecified atom stereocenters. The van der Waals surface area contributed by atoms with Gasteiger partial charge < -0.3 is 18.9 Å². The number of rotatable bonds is 8. The second kappa shape index (κ2) is 11.7. The average molecular weight is 652 g/mol. The number of benzene rings is 2. The molecule has 0 aliphatic carbocycles. The molecular formula is C26H24Br2N2O6S. The summed E-state index contributed by atoms with van der Waals surface area (Å²) in [6.45, 7) is 4.66. The monoisotopic (exact) mass is 650 g/mol. The number of ether oxygens (including phenoxy) is 4. The third-order valence-electron chi connectivity index (χ3n) is 5.54. The number of methoxy groups -OCH3 is 2. The summed E-state index contributed by atoms with van der Waals surface area (Å²) in [5.74, 6) is 1.12. The third kappa shape index (κ3) is 5.39. The van der Waals surface area contributed by atoms with Gasteiger partial charge in [-0.3, -0.25) is 9.36 Å². The Hall–Kier alpha value is -2.89. The van der Waals surface area contributed by atoms with Crippen LogP contribution in [0.25, 0.3) is 6.08 Å². The van der Waals surface area contributed by atoms with E-state index >= 15 is 0 Å². The topological polar surface area (TPSA) is 88.4 Å². The Kier molecular flexibility index (Phi) is 8.56. The highest BCUT2D eigenvalue weighted by molar-refractivity contribution is 9.11. The Bertz CT molecular complexity index is 1560. The third-order valence-corrected chi connectivity index (χ3v) is 7.58. The molecule has 1 aliphatic heterocycles. The maximum Gasteiger partial charge on any atom is 0.337 e. The van der Waals surface area contributed by atoms with Crippen LogP contribution in [0.3, 0.4) is 0 Å². The highest BCUT2D eigenvalue weighted by atomic mass is 79.9. The summed E-state index contributed by atoms with van der Waals surface area (Å²) in [6.07, 6.45) is 3.21. The molecule has 11 heteroatoms. The molecule has 8 nitrogen and oxygen atoms in total. The highest BCUT2D eigenvalue weighted by Gasteiger charge is 2.31. The van der Waals surface area contributed by atoms with E-state index in [0.717, 1.165) is 8.95 Å². The first-order valence-corrected chi connectivity index (χ1v) is 13.7. The van der Waals surface area contributed by atoms with Crippen LogP contribution in [-0.4, -0.2) is 38.0 Å². The fraction of sp³-hybridized carbons (Fsp3) is 0.269. The summed E-state index contributed by atoms with van der Waals surface area (Å²) >= 11 is 8.21. The molecule has 1 atom stereocenters. The molecule has 3 aromatic rings. The van der Waals surface area contributed by atoms with Crippen LogP contribution in [0.1, 0.15) is 31.0 Å². The van der Waals surface area contributed by atoms with E-state index in [0.29, 0.717) is 50.9 Å². The van der Waals surface area contributed by atoms with E-state index in [4.69, 9.17) is 18.9 Å². The van der Waals surface area contributed by atoms with E-state index in [1.54, 1.807) is 25.3 Å². The molecule has 1 aliphatic rings. The normalized spacial score (nSPS) is 14.9. The molecule has 0 spiro atoms. The zero-order chi connectivity index (χ0) is 26.7. The van der Waals surface area contributed by atoms with Crippen molar-refractivity contribution in [3.63, 3.8) is 0 Å². The van der Waals surface area contributed by atoms with Crippen molar-refractivity contribution in [1.82, 2.24) is 4.57 Å². The number of fused-ring (bicyclic) bond motifs is 1. The van der Waals surface area contributed by atoms with Crippen molar-refractivity contribution in [1.29, 1.82) is 0 Å². The SMILES string of the molecule is CCOc1ccc([C@@H]2C(C(=O)OC)=CN=c3s/c(=C/c4cc(Br)cc(Br)c4OC)c(=O)n32)cc1OCC. The van der Waals surface area contributed by atoms with Crippen LogP contribution < -0.4 is 29.1 Å². The van der Waals surface area contributed by atoms with Gasteiger partial charge in [-0.1, -0.05) is 33.3 Å². The van der Waals surface area contributed by atoms with Crippen molar-refractivity contribution in [2.75, 3.05) is 27.4 Å². The minimum Gasteiger partial charge on any atom is -0.495 e. The number of nitrogens with zero attached hydrogens (tertiary/aromatic N) is 2. The quantitative estimate of drug-likeness (QED) is 0.337. The van der Waals surface area contributed by atoms with Crippen LogP contribution in [-0.2, 0) is 9.53 Å². The molecule has 0 saturated heterocycles. The smallest absolute Gasteiger partial charge is 0.337 e. The van der Waals surface area contributed by atoms with E-state index in [-0.39, 0.29) is 11.1 Å². The minimum atomic E-state index is -0.767. The number of hydrogen-bond acceptors (Lipinski definition) is 8. The largest absolute Gasteiger partial charge is 0.495 e. The summed E-state index contributed by atoms with van der Waals surface area (Å²) in [7, 11) is 2.87. The standard InChI is InChI=1S/C26H24Br2N2O6S/c1-5-35-19-8-7-14(10-20(19)36-6-2)22-17(25(32)34-4)13-29-26-30(22)24(31)21(37-26)11-15-9-16(27)12-18(28)23(15)33-3/h7-13,22H,5-6H2,1-4H3/b21-11+/t22-/m1/s1. The first-order valence-electron chi connectivity index (χ1n) is 11.3. The summed E-state index contributed by atoms with van der Waals surface area (Å²) in [4.78, 5) is 31.4. The number of halogens is 2. The van der Waals surface area contributed by atoms with Gasteiger partial charge in [-0.15, -0.1) is 0 Å². The second-order valence-electron chi connectivity index (χ2n) is 7.76. The minimum absolute atomic E-state index is 0.232. The van der Waals surface area contributed by atoms with Gasteiger partial charge in [0.2, 0.25) is 0 Å². The predicted molar refractivity (Wildman–Crippen MR) is 148 cm³/mol. The molecule has 194 valence electrons. The molecule has 0 N–H and O–H groups in total. The number of hydrogen-bond donors (Lipinski definition) is 0. The molecule has 0 fully saturated rings. The number of esters is 1. The van der Waals surface area contributed by atoms with E-state index in [2.05, 4.69) is 36.9 Å². The average Bonchev–Trinajstić information content (AvgIpc) is 3.19. The molecule has 2 heterocycles. The van der Waals surface area contributed by atoms with E-state index < -0.39 is 12.0 Å². The molecule has 0 bridgehead atoms. The number of aromatic nitrogens is 1. The number of carbonyl (C=O) groups is 1. The van der Waals surface area contributed by atoms with Crippen molar-refractivity contribution in [2.45, 2.75) is 19.9 Å². The Balaban J connectivity index is 1.94. The number of carbonyl (C=O) groups excluding carboxylic acids is 1. The van der Waals surface area contributed by atoms with Crippen LogP contribution in [0, 0.1) is 0 Å². The first-order chi connectivity index (χ1) is 17.8. The van der Waals surface area contributed by atoms with Crippen LogP contribution in [0.4, 0.5) is 0 Å². The Morgan fingerprint density at radius 1 is 1.11 bits per heavy atom. The van der Waals surface area contributed by atoms with Crippen molar-refractivity contribution in [3.05, 3.63) is 81.9 Å². The lowest BCUT2D eigenvalue weighted by Gasteiger charge is -2.23. The van der Waals surface area contributed by atoms with Crippen molar-refractivity contribution < 1.29 is 23.7 Å². The van der Waals surface area contributed by atoms with Crippen molar-refractivity contribution in [2.24, 2.45) is 4.99 Å². The molecular weight excluding hydrogens is 628 g/mol. The van der Waals surface area contributed by atoms with Gasteiger partial charge >= 0.3 is 5.97 Å². The lowest BCUT2D eigenvalue weighted by Crippen LogP contribution is -2.39. The summed E-state index contributed by atoms with van der Waals surface area (Å²) in [5.41, 5.74) is 1.30. The first kappa shape index (κ1) is 27.2. The van der Waals surface area contributed by atoms with Gasteiger partial charge in [0.05, 0.1) is 48.1 Å². The molecule has 0 amide bonds. The van der Waals surface area contributed by atoms with Gasteiger partial charge in [-0.2, -0.15) is 0 Å². The fourth-order valence-corrected chi connectivity index (χ4v) is 6.41. The van der Waals surface area contributed by atoms with Crippen LogP contribution >= 0.6 is 43.2 Å². The van der Waals surface area contributed by atoms with Gasteiger partial charge in [0.25, 0.3) is 5.56 Å². The number of thiazole rings is 1. The summed E-state index contributed by atoms with van der Waals surface area (Å²) in [6, 6.07) is 8.33. The van der Waals surface area contributed by atoms with Gasteiger partial charge in [-0.05, 0) is 65.7 Å². The molecule has 2 aromatic carbocycles. The molecule has 37 heavy (non-hydrogen) atoms. The maximum absolute atomic E-state index is 13.8. The van der Waals surface area contributed by atoms with E-state index in [9.17, 15) is 9.59 Å². The van der Waals surface area contributed by atoms with Gasteiger partial charge in [-0.25, -0.2) is 9.79 Å². The summed E-state index contributed by atoms with van der Waals surface area (Å²) in [5, 5.41) is 0. The second-order valence-corrected chi connectivity index (χ2v) is 10.5. The molecule has 0 radical (unpaired) electrons. The highest BCUT2D eigenvalue weighted by Crippen LogP contribution is 2.35. The van der Waals surface area contributed by atoms with Crippen molar-refractivity contribution >= 4 is 55.2 Å². The van der Waals surface area contributed by atoms with Crippen molar-refractivity contribution in [3.8, 4) is 17.2 Å².